The number of nitrogens with one attached hydrogen (secondary N) is 1. The fourth-order valence-electron chi connectivity index (χ4n) is 3.63. The van der Waals surface area contributed by atoms with E-state index in [1.807, 2.05) is 0 Å². The summed E-state index contributed by atoms with van der Waals surface area (Å²) in [5, 5.41) is 7.56. The Morgan fingerprint density at radius 3 is 2.67 bits per heavy atom. The Kier molecular flexibility index (Phi) is 5.61. The Bertz CT molecular complexity index is 925. The van der Waals surface area contributed by atoms with Crippen LogP contribution >= 0.6 is 0 Å². The Hall–Kier alpha value is -3.10. The summed E-state index contributed by atoms with van der Waals surface area (Å²) < 4.78 is 20.3. The van der Waals surface area contributed by atoms with E-state index in [1.54, 1.807) is 27.9 Å². The van der Waals surface area contributed by atoms with Gasteiger partial charge in [-0.3, -0.25) is 9.48 Å². The lowest BCUT2D eigenvalue weighted by Crippen LogP contribution is -2.44. The lowest BCUT2D eigenvalue weighted by atomic mass is 9.94. The molecule has 2 atom stereocenters. The number of hydrogen-bond donors (Lipinski definition) is 2. The van der Waals surface area contributed by atoms with Gasteiger partial charge >= 0.3 is 6.09 Å². The molecule has 4 rings (SSSR count). The molecule has 1 aliphatic heterocycles. The fraction of sp³-hybridized carbons (Fsp3) is 0.476. The van der Waals surface area contributed by atoms with Gasteiger partial charge in [-0.1, -0.05) is 6.92 Å². The molecule has 1 saturated carbocycles. The van der Waals surface area contributed by atoms with E-state index in [0.29, 0.717) is 37.1 Å². The van der Waals surface area contributed by atoms with Crippen LogP contribution in [0.2, 0.25) is 0 Å². The number of nitrogens with two attached hydrogens (primary N) is 1. The van der Waals surface area contributed by atoms with E-state index < -0.39 is 5.91 Å². The highest BCUT2D eigenvalue weighted by atomic mass is 19.1. The second-order valence-corrected chi connectivity index (χ2v) is 8.17. The lowest BCUT2D eigenvalue weighted by Gasteiger charge is -2.36. The number of hydrogen-bond acceptors (Lipinski definition) is 5. The number of piperidine rings is 1. The average Bonchev–Trinajstić information content (AvgIpc) is 3.46. The van der Waals surface area contributed by atoms with E-state index >= 15 is 0 Å². The van der Waals surface area contributed by atoms with Crippen molar-refractivity contribution in [2.75, 3.05) is 25.0 Å². The number of ether oxygens (including phenoxy) is 1. The second-order valence-electron chi connectivity index (χ2n) is 8.17. The summed E-state index contributed by atoms with van der Waals surface area (Å²) in [6.45, 7) is 3.65. The van der Waals surface area contributed by atoms with Crippen molar-refractivity contribution < 1.29 is 18.7 Å². The molecule has 8 nitrogen and oxygen atoms in total. The van der Waals surface area contributed by atoms with Crippen molar-refractivity contribution in [1.29, 1.82) is 0 Å². The number of carbonyl (C=O) groups excluding carboxylic acids is 2. The van der Waals surface area contributed by atoms with Crippen LogP contribution in [0.25, 0.3) is 0 Å². The lowest BCUT2D eigenvalue weighted by molar-refractivity contribution is 0.0686. The van der Waals surface area contributed by atoms with Gasteiger partial charge in [0.1, 0.15) is 11.4 Å². The van der Waals surface area contributed by atoms with Gasteiger partial charge in [-0.05, 0) is 55.4 Å². The SMILES string of the molecule is C[C@@H]1CCN(C(=O)OCC2CC2)C[C@H]1n1cc(C(N)=O)c(Nc2ccc(F)cc2)n1. The minimum Gasteiger partial charge on any atom is -0.449 e. The monoisotopic (exact) mass is 415 g/mol. The second kappa shape index (κ2) is 8.33. The molecule has 2 aliphatic rings. The number of primary amides is 1. The molecule has 1 aromatic carbocycles. The fourth-order valence-corrected chi connectivity index (χ4v) is 3.63. The molecular formula is C21H26FN5O3. The van der Waals surface area contributed by atoms with E-state index in [4.69, 9.17) is 10.5 Å². The molecule has 0 radical (unpaired) electrons. The zero-order valence-corrected chi connectivity index (χ0v) is 16.9. The largest absolute Gasteiger partial charge is 0.449 e. The highest BCUT2D eigenvalue weighted by molar-refractivity contribution is 5.98. The first-order valence-electron chi connectivity index (χ1n) is 10.2. The summed E-state index contributed by atoms with van der Waals surface area (Å²) in [5.41, 5.74) is 6.37. The molecule has 0 unspecified atom stereocenters. The molecule has 2 fully saturated rings. The summed E-state index contributed by atoms with van der Waals surface area (Å²) in [5.74, 6) is 0.0882. The quantitative estimate of drug-likeness (QED) is 0.754. The molecule has 1 aliphatic carbocycles. The van der Waals surface area contributed by atoms with E-state index in [1.165, 1.54) is 12.1 Å². The first-order valence-corrected chi connectivity index (χ1v) is 10.2. The summed E-state index contributed by atoms with van der Waals surface area (Å²) >= 11 is 0. The molecular weight excluding hydrogens is 389 g/mol. The molecule has 1 aromatic heterocycles. The van der Waals surface area contributed by atoms with Crippen molar-refractivity contribution in [2.45, 2.75) is 32.2 Å². The van der Waals surface area contributed by atoms with Crippen molar-refractivity contribution in [3.8, 4) is 0 Å². The molecule has 9 heteroatoms. The van der Waals surface area contributed by atoms with Gasteiger partial charge in [0.05, 0.1) is 12.6 Å². The number of amides is 2. The van der Waals surface area contributed by atoms with E-state index in [2.05, 4.69) is 17.3 Å². The van der Waals surface area contributed by atoms with E-state index in [0.717, 1.165) is 19.3 Å². The van der Waals surface area contributed by atoms with Gasteiger partial charge in [0.15, 0.2) is 5.82 Å². The van der Waals surface area contributed by atoms with Crippen molar-refractivity contribution >= 4 is 23.5 Å². The van der Waals surface area contributed by atoms with Gasteiger partial charge in [0.2, 0.25) is 0 Å². The molecule has 2 aromatic rings. The van der Waals surface area contributed by atoms with Gasteiger partial charge in [0.25, 0.3) is 5.91 Å². The normalized spacial score (nSPS) is 21.3. The zero-order valence-electron chi connectivity index (χ0n) is 16.9. The van der Waals surface area contributed by atoms with Crippen LogP contribution in [0.1, 0.15) is 42.6 Å². The van der Waals surface area contributed by atoms with Crippen molar-refractivity contribution in [3.63, 3.8) is 0 Å². The standard InChI is InChI=1S/C21H26FN5O3/c1-13-8-9-26(21(29)30-12-14-2-3-14)11-18(13)27-10-17(19(23)28)20(25-27)24-16-6-4-15(22)5-7-16/h4-7,10,13-14,18H,2-3,8-9,11-12H2,1H3,(H2,23,28)(H,24,25)/t13-,18-/m1/s1. The van der Waals surface area contributed by atoms with Gasteiger partial charge in [-0.2, -0.15) is 5.10 Å². The van der Waals surface area contributed by atoms with Crippen molar-refractivity contribution in [3.05, 3.63) is 41.8 Å². The van der Waals surface area contributed by atoms with E-state index in [9.17, 15) is 14.0 Å². The van der Waals surface area contributed by atoms with Crippen molar-refractivity contribution in [2.24, 2.45) is 17.6 Å². The van der Waals surface area contributed by atoms with Crippen molar-refractivity contribution in [1.82, 2.24) is 14.7 Å². The summed E-state index contributed by atoms with van der Waals surface area (Å²) in [6, 6.07) is 5.63. The van der Waals surface area contributed by atoms with Gasteiger partial charge in [-0.15, -0.1) is 0 Å². The third-order valence-electron chi connectivity index (χ3n) is 5.76. The number of rotatable bonds is 6. The Morgan fingerprint density at radius 1 is 1.27 bits per heavy atom. The predicted molar refractivity (Wildman–Crippen MR) is 109 cm³/mol. The molecule has 1 saturated heterocycles. The number of likely N-dealkylation sites (tertiary alicyclic amines) is 1. The smallest absolute Gasteiger partial charge is 0.409 e. The minimum absolute atomic E-state index is 0.117. The van der Waals surface area contributed by atoms with Crippen LogP contribution in [0.3, 0.4) is 0 Å². The maximum absolute atomic E-state index is 13.2. The Labute approximate surface area is 174 Å². The number of nitrogens with zero attached hydrogens (tertiary/aromatic N) is 3. The minimum atomic E-state index is -0.616. The summed E-state index contributed by atoms with van der Waals surface area (Å²) in [6.07, 6.45) is 4.36. The van der Waals surface area contributed by atoms with Crippen LogP contribution in [0.5, 0.6) is 0 Å². The molecule has 30 heavy (non-hydrogen) atoms. The third kappa shape index (κ3) is 4.55. The Morgan fingerprint density at radius 2 is 2.00 bits per heavy atom. The summed E-state index contributed by atoms with van der Waals surface area (Å²) in [7, 11) is 0. The maximum atomic E-state index is 13.2. The van der Waals surface area contributed by atoms with Gasteiger partial charge < -0.3 is 20.7 Å². The molecule has 2 heterocycles. The van der Waals surface area contributed by atoms with E-state index in [-0.39, 0.29) is 29.4 Å². The number of carbonyl (C=O) groups is 2. The number of halogens is 1. The first-order chi connectivity index (χ1) is 14.4. The van der Waals surface area contributed by atoms with Crippen LogP contribution in [0, 0.1) is 17.7 Å². The topological polar surface area (TPSA) is 102 Å². The molecule has 0 bridgehead atoms. The van der Waals surface area contributed by atoms with Crippen LogP contribution in [0.15, 0.2) is 30.5 Å². The Balaban J connectivity index is 1.51. The molecule has 3 N–H and O–H groups in total. The number of benzene rings is 1. The van der Waals surface area contributed by atoms with Gasteiger partial charge in [0, 0.05) is 25.0 Å². The van der Waals surface area contributed by atoms with Crippen LogP contribution in [-0.4, -0.2) is 46.4 Å². The van der Waals surface area contributed by atoms with Gasteiger partial charge in [-0.25, -0.2) is 9.18 Å². The maximum Gasteiger partial charge on any atom is 0.409 e. The number of anilines is 2. The highest BCUT2D eigenvalue weighted by Crippen LogP contribution is 2.31. The average molecular weight is 415 g/mol. The zero-order chi connectivity index (χ0) is 21.3. The van der Waals surface area contributed by atoms with Crippen LogP contribution < -0.4 is 11.1 Å². The first kappa shape index (κ1) is 20.2. The molecule has 0 spiro atoms. The highest BCUT2D eigenvalue weighted by Gasteiger charge is 2.33. The third-order valence-corrected chi connectivity index (χ3v) is 5.76. The molecule has 160 valence electrons. The molecule has 2 amide bonds. The van der Waals surface area contributed by atoms with Crippen LogP contribution in [-0.2, 0) is 4.74 Å². The van der Waals surface area contributed by atoms with Crippen LogP contribution in [0.4, 0.5) is 20.7 Å². The number of aromatic nitrogens is 2. The summed E-state index contributed by atoms with van der Waals surface area (Å²) in [4.78, 5) is 26.1. The predicted octanol–water partition coefficient (Wildman–Crippen LogP) is 3.29.